The molecular formula is C18H15N3O2S2. The molecule has 1 aromatic carbocycles. The number of nitrogens with zero attached hydrogens (tertiary/aromatic N) is 2. The lowest BCUT2D eigenvalue weighted by atomic mass is 10.2. The van der Waals surface area contributed by atoms with Crippen molar-refractivity contribution in [2.24, 2.45) is 0 Å². The number of carbonyl (C=O) groups is 2. The number of fused-ring (bicyclic) bond motifs is 1. The molecule has 0 unspecified atom stereocenters. The largest absolute Gasteiger partial charge is 0.311 e. The van der Waals surface area contributed by atoms with E-state index in [1.807, 2.05) is 39.9 Å². The van der Waals surface area contributed by atoms with E-state index < -0.39 is 0 Å². The van der Waals surface area contributed by atoms with Crippen molar-refractivity contribution in [3.05, 3.63) is 63.3 Å². The third-order valence-electron chi connectivity index (χ3n) is 4.04. The van der Waals surface area contributed by atoms with E-state index in [9.17, 15) is 9.59 Å². The maximum absolute atomic E-state index is 12.6. The molecule has 126 valence electrons. The molecule has 7 heteroatoms. The van der Waals surface area contributed by atoms with Crippen LogP contribution in [0, 0.1) is 0 Å². The molecule has 2 amide bonds. The fourth-order valence-corrected chi connectivity index (χ4v) is 4.18. The average Bonchev–Trinajstić information content (AvgIpc) is 3.35. The predicted octanol–water partition coefficient (Wildman–Crippen LogP) is 3.59. The number of benzene rings is 1. The zero-order valence-corrected chi connectivity index (χ0v) is 14.9. The van der Waals surface area contributed by atoms with Crippen molar-refractivity contribution in [2.75, 3.05) is 16.8 Å². The van der Waals surface area contributed by atoms with Gasteiger partial charge in [0, 0.05) is 17.6 Å². The summed E-state index contributed by atoms with van der Waals surface area (Å²) >= 11 is 2.72. The fourth-order valence-electron chi connectivity index (χ4n) is 2.86. The Bertz CT molecular complexity index is 918. The number of carbonyl (C=O) groups excluding carboxylic acids is 2. The van der Waals surface area contributed by atoms with Crippen LogP contribution in [0.5, 0.6) is 0 Å². The lowest BCUT2D eigenvalue weighted by Gasteiger charge is -2.16. The van der Waals surface area contributed by atoms with E-state index in [4.69, 9.17) is 0 Å². The maximum Gasteiger partial charge on any atom is 0.267 e. The van der Waals surface area contributed by atoms with E-state index in [1.54, 1.807) is 6.07 Å². The number of hydrogen-bond donors (Lipinski definition) is 1. The van der Waals surface area contributed by atoms with Crippen molar-refractivity contribution >= 4 is 45.3 Å². The van der Waals surface area contributed by atoms with Crippen molar-refractivity contribution in [3.8, 4) is 0 Å². The highest BCUT2D eigenvalue weighted by molar-refractivity contribution is 7.14. The van der Waals surface area contributed by atoms with Crippen molar-refractivity contribution in [3.63, 3.8) is 0 Å². The summed E-state index contributed by atoms with van der Waals surface area (Å²) in [5.41, 5.74) is 2.88. The molecule has 4 rings (SSSR count). The first-order valence-corrected chi connectivity index (χ1v) is 9.64. The van der Waals surface area contributed by atoms with E-state index in [0.717, 1.165) is 12.1 Å². The summed E-state index contributed by atoms with van der Waals surface area (Å²) in [6.45, 7) is 0.713. The van der Waals surface area contributed by atoms with Crippen LogP contribution in [-0.2, 0) is 17.6 Å². The number of nitrogens with one attached hydrogen (secondary N) is 1. The lowest BCUT2D eigenvalue weighted by molar-refractivity contribution is -0.117. The van der Waals surface area contributed by atoms with Gasteiger partial charge in [0.05, 0.1) is 17.0 Å². The summed E-state index contributed by atoms with van der Waals surface area (Å²) in [6.07, 6.45) is 1.13. The molecule has 0 saturated heterocycles. The molecule has 0 atom stereocenters. The predicted molar refractivity (Wildman–Crippen MR) is 101 cm³/mol. The van der Waals surface area contributed by atoms with Crippen LogP contribution in [-0.4, -0.2) is 23.3 Å². The number of thiophene rings is 1. The van der Waals surface area contributed by atoms with Crippen molar-refractivity contribution in [1.82, 2.24) is 4.98 Å². The second-order valence-electron chi connectivity index (χ2n) is 5.68. The molecule has 0 aliphatic carbocycles. The topological polar surface area (TPSA) is 62.3 Å². The molecule has 0 bridgehead atoms. The maximum atomic E-state index is 12.6. The number of amides is 2. The minimum absolute atomic E-state index is 0.0337. The molecule has 1 aliphatic rings. The molecule has 1 N–H and O–H groups in total. The number of para-hydroxylation sites is 1. The highest BCUT2D eigenvalue weighted by atomic mass is 32.1. The van der Waals surface area contributed by atoms with Gasteiger partial charge in [-0.25, -0.2) is 4.98 Å². The molecule has 0 fully saturated rings. The quantitative estimate of drug-likeness (QED) is 0.764. The number of hydrogen-bond acceptors (Lipinski definition) is 5. The van der Waals surface area contributed by atoms with Crippen molar-refractivity contribution in [2.45, 2.75) is 12.8 Å². The van der Waals surface area contributed by atoms with E-state index in [-0.39, 0.29) is 18.2 Å². The molecule has 0 radical (unpaired) electrons. The van der Waals surface area contributed by atoms with Gasteiger partial charge in [-0.05, 0) is 29.5 Å². The van der Waals surface area contributed by atoms with Crippen LogP contribution in [0.3, 0.4) is 0 Å². The van der Waals surface area contributed by atoms with E-state index in [0.29, 0.717) is 22.2 Å². The lowest BCUT2D eigenvalue weighted by Crippen LogP contribution is -2.30. The van der Waals surface area contributed by atoms with Crippen LogP contribution < -0.4 is 10.2 Å². The molecular weight excluding hydrogens is 354 g/mol. The molecule has 0 spiro atoms. The Morgan fingerprint density at radius 3 is 2.88 bits per heavy atom. The minimum Gasteiger partial charge on any atom is -0.311 e. The van der Waals surface area contributed by atoms with Gasteiger partial charge in [0.15, 0.2) is 5.13 Å². The van der Waals surface area contributed by atoms with E-state index >= 15 is 0 Å². The second-order valence-corrected chi connectivity index (χ2v) is 7.48. The van der Waals surface area contributed by atoms with E-state index in [2.05, 4.69) is 16.4 Å². The van der Waals surface area contributed by atoms with Gasteiger partial charge in [0.25, 0.3) is 5.91 Å². The van der Waals surface area contributed by atoms with E-state index in [1.165, 1.54) is 28.2 Å². The van der Waals surface area contributed by atoms with Gasteiger partial charge >= 0.3 is 0 Å². The van der Waals surface area contributed by atoms with Gasteiger partial charge < -0.3 is 4.90 Å². The Kier molecular flexibility index (Phi) is 4.33. The average molecular weight is 369 g/mol. The van der Waals surface area contributed by atoms with Crippen LogP contribution in [0.2, 0.25) is 0 Å². The highest BCUT2D eigenvalue weighted by Gasteiger charge is 2.24. The van der Waals surface area contributed by atoms with Gasteiger partial charge in [-0.3, -0.25) is 14.9 Å². The Labute approximate surface area is 152 Å². The summed E-state index contributed by atoms with van der Waals surface area (Å²) < 4.78 is 0. The number of thiazole rings is 1. The van der Waals surface area contributed by atoms with Crippen LogP contribution in [0.25, 0.3) is 0 Å². The molecule has 25 heavy (non-hydrogen) atoms. The molecule has 0 saturated carbocycles. The molecule has 3 heterocycles. The second kappa shape index (κ2) is 6.78. The standard InChI is InChI=1S/C18H15N3O2S2/c22-16(21-8-7-12-4-1-2-5-14(12)21)10-13-11-25-18(19-13)20-17(23)15-6-3-9-24-15/h1-6,9,11H,7-8,10H2,(H,19,20,23). The molecule has 3 aromatic rings. The number of rotatable bonds is 4. The summed E-state index contributed by atoms with van der Waals surface area (Å²) in [5.74, 6) is -0.137. The minimum atomic E-state index is -0.171. The number of aromatic nitrogens is 1. The molecule has 2 aromatic heterocycles. The first-order valence-electron chi connectivity index (χ1n) is 7.88. The zero-order chi connectivity index (χ0) is 17.2. The third kappa shape index (κ3) is 3.33. The van der Waals surface area contributed by atoms with Crippen molar-refractivity contribution in [1.29, 1.82) is 0 Å². The summed E-state index contributed by atoms with van der Waals surface area (Å²) in [5, 5.41) is 6.97. The normalized spacial score (nSPS) is 12.9. The Hall–Kier alpha value is -2.51. The SMILES string of the molecule is O=C(Nc1nc(CC(=O)N2CCc3ccccc32)cs1)c1cccs1. The molecule has 1 aliphatic heterocycles. The Morgan fingerprint density at radius 2 is 2.04 bits per heavy atom. The highest BCUT2D eigenvalue weighted by Crippen LogP contribution is 2.28. The summed E-state index contributed by atoms with van der Waals surface area (Å²) in [6, 6.07) is 11.6. The summed E-state index contributed by atoms with van der Waals surface area (Å²) in [7, 11) is 0. The zero-order valence-electron chi connectivity index (χ0n) is 13.3. The van der Waals surface area contributed by atoms with Gasteiger partial charge in [0.1, 0.15) is 0 Å². The van der Waals surface area contributed by atoms with Crippen LogP contribution in [0.4, 0.5) is 10.8 Å². The van der Waals surface area contributed by atoms with Gasteiger partial charge in [-0.15, -0.1) is 22.7 Å². The Morgan fingerprint density at radius 1 is 1.16 bits per heavy atom. The van der Waals surface area contributed by atoms with Gasteiger partial charge in [0.2, 0.25) is 5.91 Å². The van der Waals surface area contributed by atoms with Gasteiger partial charge in [-0.2, -0.15) is 0 Å². The van der Waals surface area contributed by atoms with Gasteiger partial charge in [-0.1, -0.05) is 24.3 Å². The number of anilines is 2. The van der Waals surface area contributed by atoms with Crippen LogP contribution in [0.15, 0.2) is 47.2 Å². The van der Waals surface area contributed by atoms with Crippen molar-refractivity contribution < 1.29 is 9.59 Å². The fraction of sp³-hybridized carbons (Fsp3) is 0.167. The smallest absolute Gasteiger partial charge is 0.267 e. The monoisotopic (exact) mass is 369 g/mol. The summed E-state index contributed by atoms with van der Waals surface area (Å²) in [4.78, 5) is 31.5. The van der Waals surface area contributed by atoms with Crippen LogP contribution >= 0.6 is 22.7 Å². The Balaban J connectivity index is 1.41. The van der Waals surface area contributed by atoms with Crippen LogP contribution in [0.1, 0.15) is 20.9 Å². The third-order valence-corrected chi connectivity index (χ3v) is 5.71. The first kappa shape index (κ1) is 16.0. The first-order chi connectivity index (χ1) is 12.2. The molecule has 5 nitrogen and oxygen atoms in total.